The third-order valence-electron chi connectivity index (χ3n) is 3.23. The van der Waals surface area contributed by atoms with Crippen molar-refractivity contribution in [3.05, 3.63) is 33.2 Å². The van der Waals surface area contributed by atoms with Gasteiger partial charge in [-0.3, -0.25) is 4.79 Å². The van der Waals surface area contributed by atoms with Gasteiger partial charge in [-0.15, -0.1) is 0 Å². The van der Waals surface area contributed by atoms with E-state index in [0.29, 0.717) is 11.8 Å². The number of aromatic carboxylic acids is 1. The summed E-state index contributed by atoms with van der Waals surface area (Å²) in [7, 11) is 0. The molecule has 2 N–H and O–H groups in total. The molecule has 0 amide bonds. The van der Waals surface area contributed by atoms with Gasteiger partial charge in [-0.05, 0) is 36.3 Å². The van der Waals surface area contributed by atoms with E-state index in [1.54, 1.807) is 0 Å². The first-order valence-corrected chi connectivity index (χ1v) is 5.48. The number of carbonyl (C=O) groups is 1. The zero-order chi connectivity index (χ0) is 11.9. The number of hydrogen-bond donors (Lipinski definition) is 2. The number of hydrogen-bond acceptors (Lipinski definition) is 2. The Bertz CT molecular complexity index is 490. The summed E-state index contributed by atoms with van der Waals surface area (Å²) < 4.78 is 0. The molecule has 1 aromatic rings. The van der Waals surface area contributed by atoms with E-state index in [1.165, 1.54) is 6.07 Å². The lowest BCUT2D eigenvalue weighted by Gasteiger charge is -2.26. The van der Waals surface area contributed by atoms with Crippen LogP contribution in [0.15, 0.2) is 10.9 Å². The third-order valence-corrected chi connectivity index (χ3v) is 3.23. The molecule has 1 aromatic heterocycles. The van der Waals surface area contributed by atoms with Crippen molar-refractivity contribution in [1.29, 1.82) is 0 Å². The second-order valence-electron chi connectivity index (χ2n) is 4.70. The zero-order valence-electron chi connectivity index (χ0n) is 9.41. The van der Waals surface area contributed by atoms with E-state index in [2.05, 4.69) is 18.8 Å². The van der Waals surface area contributed by atoms with Crippen molar-refractivity contribution in [2.45, 2.75) is 32.6 Å². The van der Waals surface area contributed by atoms with Gasteiger partial charge in [-0.2, -0.15) is 0 Å². The zero-order valence-corrected chi connectivity index (χ0v) is 9.41. The van der Waals surface area contributed by atoms with Crippen LogP contribution < -0.4 is 5.56 Å². The molecule has 4 heteroatoms. The van der Waals surface area contributed by atoms with Crippen LogP contribution in [0, 0.1) is 5.92 Å². The number of nitrogens with one attached hydrogen (secondary N) is 1. The van der Waals surface area contributed by atoms with E-state index < -0.39 is 11.5 Å². The van der Waals surface area contributed by atoms with E-state index in [0.717, 1.165) is 24.1 Å². The van der Waals surface area contributed by atoms with Crippen molar-refractivity contribution in [2.75, 3.05) is 0 Å². The number of aromatic nitrogens is 1. The van der Waals surface area contributed by atoms with Crippen molar-refractivity contribution < 1.29 is 9.90 Å². The summed E-state index contributed by atoms with van der Waals surface area (Å²) in [5.41, 5.74) is 1.24. The molecule has 2 rings (SSSR count). The van der Waals surface area contributed by atoms with E-state index in [1.807, 2.05) is 0 Å². The Kier molecular flexibility index (Phi) is 2.58. The molecule has 1 aliphatic rings. The lowest BCUT2D eigenvalue weighted by atomic mass is 9.80. The largest absolute Gasteiger partial charge is 0.477 e. The molecule has 0 saturated heterocycles. The number of H-pyrrole nitrogens is 1. The topological polar surface area (TPSA) is 70.2 Å². The molecule has 86 valence electrons. The fourth-order valence-electron chi connectivity index (χ4n) is 2.51. The smallest absolute Gasteiger partial charge is 0.341 e. The second kappa shape index (κ2) is 3.77. The number of carboxylic acid groups (broad SMARTS) is 1. The SMILES string of the molecule is CC1Cc2[nH]c(=O)c(C(=O)O)cc2C(C)C1. The average Bonchev–Trinajstić information content (AvgIpc) is 2.15. The molecule has 4 nitrogen and oxygen atoms in total. The van der Waals surface area contributed by atoms with Gasteiger partial charge in [-0.25, -0.2) is 4.79 Å². The minimum atomic E-state index is -1.16. The highest BCUT2D eigenvalue weighted by Crippen LogP contribution is 2.32. The Hall–Kier alpha value is -1.58. The number of rotatable bonds is 1. The van der Waals surface area contributed by atoms with Crippen molar-refractivity contribution in [3.63, 3.8) is 0 Å². The molecule has 2 unspecified atom stereocenters. The van der Waals surface area contributed by atoms with Gasteiger partial charge in [0, 0.05) is 5.69 Å². The van der Waals surface area contributed by atoms with Gasteiger partial charge < -0.3 is 10.1 Å². The molecule has 0 fully saturated rings. The van der Waals surface area contributed by atoms with Gasteiger partial charge in [-0.1, -0.05) is 13.8 Å². The highest BCUT2D eigenvalue weighted by atomic mass is 16.4. The van der Waals surface area contributed by atoms with Crippen molar-refractivity contribution in [3.8, 4) is 0 Å². The molecule has 1 aliphatic carbocycles. The second-order valence-corrected chi connectivity index (χ2v) is 4.70. The van der Waals surface area contributed by atoms with Crippen LogP contribution in [0.2, 0.25) is 0 Å². The number of aromatic amines is 1. The maximum absolute atomic E-state index is 11.5. The van der Waals surface area contributed by atoms with Gasteiger partial charge in [0.25, 0.3) is 5.56 Å². The van der Waals surface area contributed by atoms with Crippen LogP contribution in [0.4, 0.5) is 0 Å². The minimum Gasteiger partial charge on any atom is -0.477 e. The molecule has 0 radical (unpaired) electrons. The van der Waals surface area contributed by atoms with E-state index >= 15 is 0 Å². The van der Waals surface area contributed by atoms with Gasteiger partial charge in [0.1, 0.15) is 5.56 Å². The molecule has 0 aliphatic heterocycles. The summed E-state index contributed by atoms with van der Waals surface area (Å²) in [6.07, 6.45) is 1.87. The molecule has 16 heavy (non-hydrogen) atoms. The maximum Gasteiger partial charge on any atom is 0.341 e. The average molecular weight is 221 g/mol. The van der Waals surface area contributed by atoms with Crippen LogP contribution in [-0.4, -0.2) is 16.1 Å². The quantitative estimate of drug-likeness (QED) is 0.759. The van der Waals surface area contributed by atoms with E-state index in [4.69, 9.17) is 5.11 Å². The summed E-state index contributed by atoms with van der Waals surface area (Å²) in [6.45, 7) is 4.21. The Morgan fingerprint density at radius 3 is 2.81 bits per heavy atom. The third kappa shape index (κ3) is 1.75. The Morgan fingerprint density at radius 1 is 1.50 bits per heavy atom. The number of pyridine rings is 1. The highest BCUT2D eigenvalue weighted by molar-refractivity contribution is 5.87. The fraction of sp³-hybridized carbons (Fsp3) is 0.500. The van der Waals surface area contributed by atoms with Crippen LogP contribution in [0.5, 0.6) is 0 Å². The van der Waals surface area contributed by atoms with Crippen LogP contribution in [0.3, 0.4) is 0 Å². The lowest BCUT2D eigenvalue weighted by molar-refractivity contribution is 0.0694. The maximum atomic E-state index is 11.5. The first kappa shape index (κ1) is 10.9. The summed E-state index contributed by atoms with van der Waals surface area (Å²) >= 11 is 0. The van der Waals surface area contributed by atoms with Gasteiger partial charge in [0.2, 0.25) is 0 Å². The van der Waals surface area contributed by atoms with Crippen molar-refractivity contribution >= 4 is 5.97 Å². The van der Waals surface area contributed by atoms with Crippen LogP contribution in [0.25, 0.3) is 0 Å². The minimum absolute atomic E-state index is 0.153. The highest BCUT2D eigenvalue weighted by Gasteiger charge is 2.24. The monoisotopic (exact) mass is 221 g/mol. The fourth-order valence-corrected chi connectivity index (χ4v) is 2.51. The van der Waals surface area contributed by atoms with Gasteiger partial charge in [0.15, 0.2) is 0 Å². The number of fused-ring (bicyclic) bond motifs is 1. The van der Waals surface area contributed by atoms with Gasteiger partial charge in [0.05, 0.1) is 0 Å². The molecule has 0 saturated carbocycles. The Morgan fingerprint density at radius 2 is 2.19 bits per heavy atom. The van der Waals surface area contributed by atoms with Crippen molar-refractivity contribution in [2.24, 2.45) is 5.92 Å². The van der Waals surface area contributed by atoms with Crippen LogP contribution in [-0.2, 0) is 6.42 Å². The van der Waals surface area contributed by atoms with Gasteiger partial charge >= 0.3 is 5.97 Å². The molecule has 2 atom stereocenters. The van der Waals surface area contributed by atoms with Crippen molar-refractivity contribution in [1.82, 2.24) is 4.98 Å². The summed E-state index contributed by atoms with van der Waals surface area (Å²) in [6, 6.07) is 1.53. The Balaban J connectivity index is 2.57. The molecule has 1 heterocycles. The van der Waals surface area contributed by atoms with E-state index in [-0.39, 0.29) is 5.56 Å². The molecular weight excluding hydrogens is 206 g/mol. The molecule has 0 aromatic carbocycles. The standard InChI is InChI=1S/C12H15NO3/c1-6-3-7(2)8-5-9(12(15)16)11(14)13-10(8)4-6/h5-7H,3-4H2,1-2H3,(H,13,14)(H,15,16). The summed E-state index contributed by atoms with van der Waals surface area (Å²) in [4.78, 5) is 25.1. The summed E-state index contributed by atoms with van der Waals surface area (Å²) in [5.74, 6) is -0.308. The molecular formula is C12H15NO3. The normalized spacial score (nSPS) is 23.9. The summed E-state index contributed by atoms with van der Waals surface area (Å²) in [5, 5.41) is 8.89. The number of carboxylic acids is 1. The predicted molar refractivity (Wildman–Crippen MR) is 59.9 cm³/mol. The lowest BCUT2D eigenvalue weighted by Crippen LogP contribution is -2.25. The predicted octanol–water partition coefficient (Wildman–Crippen LogP) is 1.76. The first-order valence-electron chi connectivity index (χ1n) is 5.48. The first-order chi connectivity index (χ1) is 7.49. The van der Waals surface area contributed by atoms with Crippen LogP contribution in [0.1, 0.15) is 47.8 Å². The Labute approximate surface area is 93.3 Å². The molecule has 0 bridgehead atoms. The van der Waals surface area contributed by atoms with Crippen LogP contribution >= 0.6 is 0 Å². The van der Waals surface area contributed by atoms with E-state index in [9.17, 15) is 9.59 Å². The molecule has 0 spiro atoms.